The molecule has 6 aromatic rings. The molecule has 0 fully saturated rings. The Hall–Kier alpha value is -6.95. The van der Waals surface area contributed by atoms with Crippen molar-refractivity contribution in [3.8, 4) is 12.1 Å². The van der Waals surface area contributed by atoms with Crippen LogP contribution in [0.5, 0.6) is 0 Å². The van der Waals surface area contributed by atoms with Crippen LogP contribution in [-0.4, -0.2) is 4.98 Å². The highest BCUT2D eigenvalue weighted by atomic mass is 16.3. The fraction of sp³-hybridized carbons (Fsp3) is 0.157. The van der Waals surface area contributed by atoms with Gasteiger partial charge in [0.15, 0.2) is 5.69 Å². The van der Waals surface area contributed by atoms with Gasteiger partial charge in [-0.2, -0.15) is 10.5 Å². The zero-order chi connectivity index (χ0) is 37.9. The summed E-state index contributed by atoms with van der Waals surface area (Å²) in [5, 5.41) is 24.8. The van der Waals surface area contributed by atoms with Crippen molar-refractivity contribution in [2.45, 2.75) is 49.4 Å². The maximum Gasteiger partial charge on any atom is 0.166 e. The number of anilines is 2. The van der Waals surface area contributed by atoms with Crippen LogP contribution in [0.25, 0.3) is 27.5 Å². The summed E-state index contributed by atoms with van der Waals surface area (Å²) in [6.45, 7) is 9.19. The monoisotopic (exact) mass is 720 g/mol. The van der Waals surface area contributed by atoms with E-state index in [1.165, 1.54) is 16.7 Å². The molecule has 0 amide bonds. The third-order valence-electron chi connectivity index (χ3n) is 13.1. The van der Waals surface area contributed by atoms with Crippen molar-refractivity contribution in [3.05, 3.63) is 202 Å². The number of para-hydroxylation sites is 1. The molecule has 5 heteroatoms. The molecule has 266 valence electrons. The first-order chi connectivity index (χ1) is 27.4. The number of rotatable bonds is 2. The Morgan fingerprint density at radius 3 is 2.45 bits per heavy atom. The van der Waals surface area contributed by atoms with Crippen LogP contribution < -0.4 is 4.90 Å². The molecule has 0 N–H and O–H groups in total. The zero-order valence-corrected chi connectivity index (χ0v) is 31.2. The average Bonchev–Trinajstić information content (AvgIpc) is 3.62. The minimum Gasteiger partial charge on any atom is -0.456 e. The van der Waals surface area contributed by atoms with Gasteiger partial charge in [-0.1, -0.05) is 130 Å². The SMILES string of the molecule is C=C1C=CC=CC2c3ccccc3C3c4c(nc(C#N)c(N5C6=C(CC/C=C(c7ccccc7)\C=C/6)C(C)(C)c6c5ccc5c6oc6ccccc65)c4C#N)C123. The number of hydrogen-bond acceptors (Lipinski definition) is 5. The van der Waals surface area contributed by atoms with E-state index in [0.29, 0.717) is 11.3 Å². The standard InChI is InChI=1S/C51H36N4O/c1-30-14-7-11-21-38-33-18-8-9-20-35(33)45-44-37(28-52)47(40(29-53)54-49(44)51(30,38)45)55-41-26-24-32(31-15-5-4-6-16-31)17-13-22-39(41)50(2,3)46-42(55)27-25-36-34-19-10-12-23-43(34)56-48(36)46/h4-12,14-21,23-27,38,45H,1,13,22H2,2-3H3/b26-24-,32-17+. The average molecular weight is 721 g/mol. The van der Waals surface area contributed by atoms with E-state index < -0.39 is 10.8 Å². The van der Waals surface area contributed by atoms with Crippen LogP contribution in [0, 0.1) is 22.7 Å². The van der Waals surface area contributed by atoms with Gasteiger partial charge in [-0.15, -0.1) is 0 Å². The van der Waals surface area contributed by atoms with Crippen molar-refractivity contribution in [2.75, 3.05) is 4.90 Å². The summed E-state index contributed by atoms with van der Waals surface area (Å²) in [5.74, 6) is -0.154. The second kappa shape index (κ2) is 11.5. The lowest BCUT2D eigenvalue weighted by Crippen LogP contribution is -2.47. The first-order valence-electron chi connectivity index (χ1n) is 19.3. The number of hydrogen-bond donors (Lipinski definition) is 0. The third-order valence-corrected chi connectivity index (χ3v) is 13.1. The lowest BCUT2D eigenvalue weighted by molar-refractivity contribution is 0.374. The van der Waals surface area contributed by atoms with Crippen LogP contribution in [0.15, 0.2) is 161 Å². The van der Waals surface area contributed by atoms with Crippen molar-refractivity contribution < 1.29 is 4.42 Å². The van der Waals surface area contributed by atoms with Crippen LogP contribution >= 0.6 is 0 Å². The minimum absolute atomic E-state index is 0.0148. The Morgan fingerprint density at radius 1 is 0.839 bits per heavy atom. The lowest BCUT2D eigenvalue weighted by atomic mass is 9.51. The lowest BCUT2D eigenvalue weighted by Gasteiger charge is -2.51. The smallest absolute Gasteiger partial charge is 0.166 e. The number of aromatic nitrogens is 1. The molecule has 0 saturated heterocycles. The van der Waals surface area contributed by atoms with Gasteiger partial charge >= 0.3 is 0 Å². The molecule has 4 aromatic carbocycles. The fourth-order valence-corrected chi connectivity index (χ4v) is 10.8. The molecule has 3 unspecified atom stereocenters. The number of nitriles is 2. The van der Waals surface area contributed by atoms with Crippen LogP contribution in [0.3, 0.4) is 0 Å². The maximum atomic E-state index is 11.5. The molecule has 0 radical (unpaired) electrons. The van der Waals surface area contributed by atoms with E-state index in [9.17, 15) is 10.5 Å². The normalized spacial score (nSPS) is 23.8. The van der Waals surface area contributed by atoms with Crippen LogP contribution in [0.4, 0.5) is 11.4 Å². The molecule has 4 aliphatic carbocycles. The van der Waals surface area contributed by atoms with Crippen molar-refractivity contribution in [1.82, 2.24) is 4.98 Å². The summed E-state index contributed by atoms with van der Waals surface area (Å²) in [5.41, 5.74) is 13.2. The molecule has 3 heterocycles. The second-order valence-corrected chi connectivity index (χ2v) is 16.0. The number of benzene rings is 4. The van der Waals surface area contributed by atoms with E-state index in [-0.39, 0.29) is 17.5 Å². The Kier molecular flexibility index (Phi) is 6.69. The largest absolute Gasteiger partial charge is 0.456 e. The Bertz CT molecular complexity index is 3010. The number of fused-ring (bicyclic) bond motifs is 10. The van der Waals surface area contributed by atoms with E-state index in [2.05, 4.69) is 141 Å². The predicted octanol–water partition coefficient (Wildman–Crippen LogP) is 12.0. The van der Waals surface area contributed by atoms with Crippen molar-refractivity contribution in [1.29, 1.82) is 10.5 Å². The Morgan fingerprint density at radius 2 is 1.62 bits per heavy atom. The Balaban J connectivity index is 1.23. The maximum absolute atomic E-state index is 11.5. The number of allylic oxidation sites excluding steroid dienone is 10. The van der Waals surface area contributed by atoms with Gasteiger partial charge in [0.2, 0.25) is 0 Å². The molecule has 0 saturated carbocycles. The molecule has 5 nitrogen and oxygen atoms in total. The second-order valence-electron chi connectivity index (χ2n) is 16.0. The van der Waals surface area contributed by atoms with Gasteiger partial charge in [-0.3, -0.25) is 0 Å². The summed E-state index contributed by atoms with van der Waals surface area (Å²) < 4.78 is 6.78. The third kappa shape index (κ3) is 3.99. The van der Waals surface area contributed by atoms with E-state index in [4.69, 9.17) is 9.40 Å². The van der Waals surface area contributed by atoms with E-state index in [0.717, 1.165) is 79.7 Å². The van der Waals surface area contributed by atoms with Gasteiger partial charge in [0.05, 0.1) is 22.4 Å². The molecule has 56 heavy (non-hydrogen) atoms. The summed E-state index contributed by atoms with van der Waals surface area (Å²) >= 11 is 0. The van der Waals surface area contributed by atoms with E-state index >= 15 is 0 Å². The molecule has 3 atom stereocenters. The molecular formula is C51H36N4O. The molecule has 2 aromatic heterocycles. The van der Waals surface area contributed by atoms with Crippen LogP contribution in [0.2, 0.25) is 0 Å². The highest BCUT2D eigenvalue weighted by molar-refractivity contribution is 6.09. The van der Waals surface area contributed by atoms with E-state index in [1.54, 1.807) is 0 Å². The number of furan rings is 1. The van der Waals surface area contributed by atoms with Crippen molar-refractivity contribution >= 4 is 38.9 Å². The summed E-state index contributed by atoms with van der Waals surface area (Å²) in [7, 11) is 0. The van der Waals surface area contributed by atoms with Crippen molar-refractivity contribution in [3.63, 3.8) is 0 Å². The zero-order valence-electron chi connectivity index (χ0n) is 31.2. The summed E-state index contributed by atoms with van der Waals surface area (Å²) in [6, 6.07) is 36.6. The van der Waals surface area contributed by atoms with Gasteiger partial charge in [0, 0.05) is 44.8 Å². The highest BCUT2D eigenvalue weighted by Gasteiger charge is 2.65. The van der Waals surface area contributed by atoms with Gasteiger partial charge in [0.1, 0.15) is 29.0 Å². The van der Waals surface area contributed by atoms with Gasteiger partial charge in [-0.05, 0) is 70.5 Å². The predicted molar refractivity (Wildman–Crippen MR) is 222 cm³/mol. The molecule has 5 aliphatic rings. The van der Waals surface area contributed by atoms with E-state index in [1.807, 2.05) is 30.3 Å². The molecule has 1 aliphatic heterocycles. The Labute approximate surface area is 325 Å². The first-order valence-corrected chi connectivity index (χ1v) is 19.3. The fourth-order valence-electron chi connectivity index (χ4n) is 10.8. The topological polar surface area (TPSA) is 76.8 Å². The molecule has 0 bridgehead atoms. The summed E-state index contributed by atoms with van der Waals surface area (Å²) in [4.78, 5) is 7.51. The number of nitrogens with zero attached hydrogens (tertiary/aromatic N) is 4. The first kappa shape index (κ1) is 32.5. The number of pyridine rings is 1. The van der Waals surface area contributed by atoms with Gasteiger partial charge < -0.3 is 9.32 Å². The van der Waals surface area contributed by atoms with Gasteiger partial charge in [-0.25, -0.2) is 4.98 Å². The van der Waals surface area contributed by atoms with Crippen LogP contribution in [0.1, 0.15) is 83.3 Å². The highest BCUT2D eigenvalue weighted by Crippen LogP contribution is 2.71. The van der Waals surface area contributed by atoms with Gasteiger partial charge in [0.25, 0.3) is 0 Å². The summed E-state index contributed by atoms with van der Waals surface area (Å²) in [6.07, 6.45) is 16.7. The molecule has 1 spiro atoms. The van der Waals surface area contributed by atoms with Crippen molar-refractivity contribution in [2.24, 2.45) is 0 Å². The molecule has 11 rings (SSSR count). The quantitative estimate of drug-likeness (QED) is 0.178. The minimum atomic E-state index is -0.583. The van der Waals surface area contributed by atoms with Crippen LogP contribution in [-0.2, 0) is 10.8 Å². The molecular weight excluding hydrogens is 685 g/mol.